The minimum absolute atomic E-state index is 0.126. The topological polar surface area (TPSA) is 128 Å². The summed E-state index contributed by atoms with van der Waals surface area (Å²) >= 11 is 0. The average molecular weight is 321 g/mol. The lowest BCUT2D eigenvalue weighted by atomic mass is 10.3. The monoisotopic (exact) mass is 321 g/mol. The summed E-state index contributed by atoms with van der Waals surface area (Å²) in [4.78, 5) is 34.6. The molecule has 0 saturated carbocycles. The van der Waals surface area contributed by atoms with E-state index in [-0.39, 0.29) is 30.1 Å². The van der Waals surface area contributed by atoms with Crippen LogP contribution in [0.5, 0.6) is 0 Å². The van der Waals surface area contributed by atoms with Crippen molar-refractivity contribution in [2.75, 3.05) is 11.9 Å². The third-order valence-electron chi connectivity index (χ3n) is 2.86. The third kappa shape index (κ3) is 3.73. The number of carbonyl (C=O) groups is 3. The molecular weight excluding hydrogens is 306 g/mol. The highest BCUT2D eigenvalue weighted by molar-refractivity contribution is 6.07. The van der Waals surface area contributed by atoms with Gasteiger partial charge in [-0.2, -0.15) is 10.2 Å². The Morgan fingerprint density at radius 3 is 2.70 bits per heavy atom. The van der Waals surface area contributed by atoms with Crippen LogP contribution in [0.2, 0.25) is 0 Å². The number of aromatic nitrogens is 4. The summed E-state index contributed by atoms with van der Waals surface area (Å²) in [5.74, 6) is -2.04. The number of ether oxygens (including phenoxy) is 1. The Labute approximate surface area is 130 Å². The zero-order valence-corrected chi connectivity index (χ0v) is 12.5. The van der Waals surface area contributed by atoms with Crippen LogP contribution < -0.4 is 5.32 Å². The highest BCUT2D eigenvalue weighted by atomic mass is 16.5. The largest absolute Gasteiger partial charge is 0.480 e. The second-order valence-electron chi connectivity index (χ2n) is 4.53. The van der Waals surface area contributed by atoms with Gasteiger partial charge in [0.15, 0.2) is 0 Å². The Morgan fingerprint density at radius 1 is 1.30 bits per heavy atom. The van der Waals surface area contributed by atoms with E-state index in [0.29, 0.717) is 0 Å². The highest BCUT2D eigenvalue weighted by Gasteiger charge is 2.20. The summed E-state index contributed by atoms with van der Waals surface area (Å²) in [5.41, 5.74) is 0.280. The molecule has 10 heteroatoms. The smallest absolute Gasteiger partial charge is 0.343 e. The molecule has 0 fully saturated rings. The van der Waals surface area contributed by atoms with Crippen molar-refractivity contribution < 1.29 is 24.2 Å². The fourth-order valence-corrected chi connectivity index (χ4v) is 1.83. The first kappa shape index (κ1) is 16.2. The van der Waals surface area contributed by atoms with Gasteiger partial charge < -0.3 is 15.2 Å². The van der Waals surface area contributed by atoms with Crippen molar-refractivity contribution in [2.45, 2.75) is 13.5 Å². The molecule has 0 bridgehead atoms. The normalized spacial score (nSPS) is 10.3. The summed E-state index contributed by atoms with van der Waals surface area (Å²) in [6, 6.07) is 0. The Hall–Kier alpha value is -3.17. The van der Waals surface area contributed by atoms with Gasteiger partial charge in [0.25, 0.3) is 5.91 Å². The number of anilines is 1. The molecular formula is C13H15N5O5. The fraction of sp³-hybridized carbons (Fsp3) is 0.308. The number of carboxylic acids is 1. The molecule has 2 N–H and O–H groups in total. The first-order valence-electron chi connectivity index (χ1n) is 6.67. The van der Waals surface area contributed by atoms with Gasteiger partial charge in [0.2, 0.25) is 0 Å². The summed E-state index contributed by atoms with van der Waals surface area (Å²) in [6.07, 6.45) is 3.82. The molecule has 0 aromatic carbocycles. The number of hydrogen-bond donors (Lipinski definition) is 2. The van der Waals surface area contributed by atoms with Crippen molar-refractivity contribution in [3.05, 3.63) is 29.7 Å². The Morgan fingerprint density at radius 2 is 2.04 bits per heavy atom. The SMILES string of the molecule is CCOC(=O)c1cnn(C)c1NC(=O)c1cnn(CC(=O)O)c1. The fourth-order valence-electron chi connectivity index (χ4n) is 1.83. The van der Waals surface area contributed by atoms with E-state index < -0.39 is 17.8 Å². The molecule has 2 rings (SSSR count). The molecule has 0 aliphatic rings. The maximum Gasteiger partial charge on any atom is 0.343 e. The molecule has 122 valence electrons. The predicted molar refractivity (Wildman–Crippen MR) is 77.0 cm³/mol. The van der Waals surface area contributed by atoms with Crippen molar-refractivity contribution in [1.29, 1.82) is 0 Å². The number of rotatable bonds is 6. The van der Waals surface area contributed by atoms with Gasteiger partial charge in [-0.1, -0.05) is 0 Å². The number of amides is 1. The molecule has 0 atom stereocenters. The zero-order valence-electron chi connectivity index (χ0n) is 12.5. The van der Waals surface area contributed by atoms with E-state index in [9.17, 15) is 14.4 Å². The Bertz CT molecular complexity index is 748. The molecule has 0 radical (unpaired) electrons. The van der Waals surface area contributed by atoms with E-state index in [1.807, 2.05) is 0 Å². The molecule has 0 aliphatic heterocycles. The van der Waals surface area contributed by atoms with Crippen LogP contribution in [0.25, 0.3) is 0 Å². The van der Waals surface area contributed by atoms with E-state index in [4.69, 9.17) is 9.84 Å². The molecule has 2 aromatic rings. The maximum absolute atomic E-state index is 12.2. The van der Waals surface area contributed by atoms with Crippen LogP contribution in [0.1, 0.15) is 27.6 Å². The standard InChI is InChI=1S/C13H15N5O5/c1-3-23-13(22)9-5-14-17(2)11(9)16-12(21)8-4-15-18(6-8)7-10(19)20/h4-6H,3,7H2,1-2H3,(H,16,21)(H,19,20). The average Bonchev–Trinajstić information content (AvgIpc) is 3.07. The van der Waals surface area contributed by atoms with E-state index in [0.717, 1.165) is 4.68 Å². The number of aliphatic carboxylic acids is 1. The third-order valence-corrected chi connectivity index (χ3v) is 2.86. The lowest BCUT2D eigenvalue weighted by Gasteiger charge is -2.07. The molecule has 1 amide bonds. The minimum atomic E-state index is -1.07. The van der Waals surface area contributed by atoms with Gasteiger partial charge in [0.05, 0.1) is 24.6 Å². The predicted octanol–water partition coefficient (Wildman–Crippen LogP) is 0.130. The quantitative estimate of drug-likeness (QED) is 0.723. The van der Waals surface area contributed by atoms with Crippen molar-refractivity contribution in [3.8, 4) is 0 Å². The number of carboxylic acid groups (broad SMARTS) is 1. The molecule has 0 aliphatic carbocycles. The van der Waals surface area contributed by atoms with Gasteiger partial charge in [-0.15, -0.1) is 0 Å². The van der Waals surface area contributed by atoms with E-state index in [2.05, 4.69) is 15.5 Å². The maximum atomic E-state index is 12.2. The molecule has 2 aromatic heterocycles. The minimum Gasteiger partial charge on any atom is -0.480 e. The summed E-state index contributed by atoms with van der Waals surface area (Å²) in [6.45, 7) is 1.51. The van der Waals surface area contributed by atoms with Gasteiger partial charge in [-0.05, 0) is 6.92 Å². The molecule has 2 heterocycles. The highest BCUT2D eigenvalue weighted by Crippen LogP contribution is 2.16. The second-order valence-corrected chi connectivity index (χ2v) is 4.53. The first-order chi connectivity index (χ1) is 10.9. The molecule has 10 nitrogen and oxygen atoms in total. The van der Waals surface area contributed by atoms with Gasteiger partial charge >= 0.3 is 11.9 Å². The number of nitrogens with zero attached hydrogens (tertiary/aromatic N) is 4. The van der Waals surface area contributed by atoms with Gasteiger partial charge in [-0.3, -0.25) is 19.0 Å². The van der Waals surface area contributed by atoms with Crippen LogP contribution in [0.15, 0.2) is 18.6 Å². The lowest BCUT2D eigenvalue weighted by molar-refractivity contribution is -0.137. The Balaban J connectivity index is 2.17. The molecule has 0 unspecified atom stereocenters. The molecule has 0 saturated heterocycles. The van der Waals surface area contributed by atoms with Crippen LogP contribution in [0.4, 0.5) is 5.82 Å². The zero-order chi connectivity index (χ0) is 17.0. The van der Waals surface area contributed by atoms with Crippen molar-refractivity contribution in [1.82, 2.24) is 19.6 Å². The van der Waals surface area contributed by atoms with Crippen LogP contribution in [0, 0.1) is 0 Å². The summed E-state index contributed by atoms with van der Waals surface area (Å²) in [5, 5.41) is 18.9. The first-order valence-corrected chi connectivity index (χ1v) is 6.67. The van der Waals surface area contributed by atoms with Gasteiger partial charge in [-0.25, -0.2) is 4.79 Å². The van der Waals surface area contributed by atoms with Crippen LogP contribution in [-0.2, 0) is 23.1 Å². The summed E-state index contributed by atoms with van der Waals surface area (Å²) < 4.78 is 7.33. The van der Waals surface area contributed by atoms with Crippen LogP contribution in [-0.4, -0.2) is 49.1 Å². The van der Waals surface area contributed by atoms with Crippen LogP contribution in [0.3, 0.4) is 0 Å². The van der Waals surface area contributed by atoms with Crippen molar-refractivity contribution in [3.63, 3.8) is 0 Å². The van der Waals surface area contributed by atoms with Crippen molar-refractivity contribution >= 4 is 23.7 Å². The summed E-state index contributed by atoms with van der Waals surface area (Å²) in [7, 11) is 1.56. The van der Waals surface area contributed by atoms with Gasteiger partial charge in [0.1, 0.15) is 17.9 Å². The molecule has 23 heavy (non-hydrogen) atoms. The second kappa shape index (κ2) is 6.73. The van der Waals surface area contributed by atoms with Crippen LogP contribution >= 0.6 is 0 Å². The van der Waals surface area contributed by atoms with Crippen molar-refractivity contribution in [2.24, 2.45) is 7.05 Å². The lowest BCUT2D eigenvalue weighted by Crippen LogP contribution is -2.17. The number of esters is 1. The number of hydrogen-bond acceptors (Lipinski definition) is 6. The van der Waals surface area contributed by atoms with Gasteiger partial charge in [0, 0.05) is 13.2 Å². The number of nitrogens with one attached hydrogen (secondary N) is 1. The number of aryl methyl sites for hydroxylation is 1. The molecule has 0 spiro atoms. The number of carbonyl (C=O) groups excluding carboxylic acids is 2. The van der Waals surface area contributed by atoms with E-state index in [1.54, 1.807) is 14.0 Å². The Kier molecular flexibility index (Phi) is 4.74. The van der Waals surface area contributed by atoms with E-state index in [1.165, 1.54) is 23.3 Å². The van der Waals surface area contributed by atoms with E-state index >= 15 is 0 Å².